The molecule has 0 aromatic heterocycles. The van der Waals surface area contributed by atoms with Crippen molar-refractivity contribution in [1.29, 1.82) is 21.0 Å². The minimum absolute atomic E-state index is 0.791. The van der Waals surface area contributed by atoms with E-state index in [0.717, 1.165) is 24.3 Å². The van der Waals surface area contributed by atoms with E-state index >= 15 is 26.3 Å². The Balaban J connectivity index is 2.38. The lowest BCUT2D eigenvalue weighted by Gasteiger charge is -2.09. The molecule has 0 aliphatic heterocycles. The van der Waals surface area contributed by atoms with E-state index in [0.29, 0.717) is 0 Å². The molecule has 48 heavy (non-hydrogen) atoms. The topological polar surface area (TPSA) is 95.2 Å². The Bertz CT molecular complexity index is 2060. The molecule has 0 unspecified atom stereocenters. The molecule has 3 aromatic rings. The van der Waals surface area contributed by atoms with Gasteiger partial charge in [-0.2, -0.15) is 21.0 Å². The molecular formula is C32H2F12N4. The van der Waals surface area contributed by atoms with Crippen molar-refractivity contribution in [2.45, 2.75) is 0 Å². The van der Waals surface area contributed by atoms with Crippen molar-refractivity contribution in [3.8, 4) is 49.0 Å². The van der Waals surface area contributed by atoms with Crippen molar-refractivity contribution >= 4 is 16.7 Å². The van der Waals surface area contributed by atoms with Crippen molar-refractivity contribution in [3.05, 3.63) is 120 Å². The number of benzene rings is 3. The number of allylic oxidation sites excluding steroid dienone is 6. The zero-order valence-corrected chi connectivity index (χ0v) is 22.5. The van der Waals surface area contributed by atoms with Crippen LogP contribution in [0.4, 0.5) is 52.7 Å². The summed E-state index contributed by atoms with van der Waals surface area (Å²) in [5.74, 6) is -26.1. The van der Waals surface area contributed by atoms with E-state index in [1.54, 1.807) is 0 Å². The van der Waals surface area contributed by atoms with Crippen LogP contribution in [0.2, 0.25) is 0 Å². The Morgan fingerprint density at radius 1 is 0.375 bits per heavy atom. The van der Waals surface area contributed by atoms with E-state index in [2.05, 4.69) is 0 Å². The molecule has 0 saturated heterocycles. The second kappa shape index (κ2) is 12.1. The molecule has 0 heterocycles. The second-order valence-electron chi connectivity index (χ2n) is 9.00. The number of nitrogens with zero attached hydrogens (tertiary/aromatic N) is 4. The Morgan fingerprint density at radius 3 is 0.854 bits per heavy atom. The number of rotatable bonds is 3. The molecule has 0 atom stereocenters. The van der Waals surface area contributed by atoms with Crippen LogP contribution in [0.3, 0.4) is 0 Å². The van der Waals surface area contributed by atoms with Crippen LogP contribution in [-0.2, 0) is 0 Å². The van der Waals surface area contributed by atoms with Gasteiger partial charge >= 0.3 is 0 Å². The standard InChI is InChI=1S/C32H2F12N4/c1-3-9(18-27(39)23(35)13(7-47)24(36)28(18)40)15-16(11(5-45)19-29(41)21(33)10(4-2)22(34)30(19)42)17(15)12(6-46)20-31(43)25(37)14(8-48)26(38)32(20)44/h1-2H. The molecular weight excluding hydrogens is 668 g/mol. The molecule has 234 valence electrons. The number of hydrogen-bond donors (Lipinski definition) is 0. The molecule has 1 aliphatic carbocycles. The first kappa shape index (κ1) is 34.0. The third kappa shape index (κ3) is 4.60. The SMILES string of the molecule is C#CC(=C1C(=C(C#N)c2c(F)c(F)c(C#C)c(F)c2F)C1=C(C#N)c1c(F)c(F)c(C#N)c(F)c1F)c1c(F)c(F)c(C#N)c(F)c1F. The Morgan fingerprint density at radius 2 is 0.625 bits per heavy atom. The molecule has 1 fully saturated rings. The van der Waals surface area contributed by atoms with E-state index in [4.69, 9.17) is 23.4 Å². The van der Waals surface area contributed by atoms with Crippen LogP contribution in [0.15, 0.2) is 16.7 Å². The van der Waals surface area contributed by atoms with Gasteiger partial charge in [0.25, 0.3) is 0 Å². The maximum absolute atomic E-state index is 15.1. The first-order valence-corrected chi connectivity index (χ1v) is 12.0. The van der Waals surface area contributed by atoms with Gasteiger partial charge in [0.2, 0.25) is 0 Å². The van der Waals surface area contributed by atoms with Crippen molar-refractivity contribution < 1.29 is 52.7 Å². The van der Waals surface area contributed by atoms with Gasteiger partial charge in [0.1, 0.15) is 41.0 Å². The molecule has 16 heteroatoms. The molecule has 4 rings (SSSR count). The maximum atomic E-state index is 15.1. The first-order valence-electron chi connectivity index (χ1n) is 12.0. The zero-order chi connectivity index (χ0) is 36.1. The summed E-state index contributed by atoms with van der Waals surface area (Å²) in [5.41, 5.74) is -20.1. The largest absolute Gasteiger partial charge is 0.203 e. The third-order valence-corrected chi connectivity index (χ3v) is 6.71. The summed E-state index contributed by atoms with van der Waals surface area (Å²) in [6.07, 6.45) is 10.1. The monoisotopic (exact) mass is 670 g/mol. The Hall–Kier alpha value is -6.88. The predicted molar refractivity (Wildman–Crippen MR) is 137 cm³/mol. The predicted octanol–water partition coefficient (Wildman–Crippen LogP) is 7.44. The normalized spacial score (nSPS) is 14.9. The van der Waals surface area contributed by atoms with Gasteiger partial charge in [0.05, 0.1) is 27.8 Å². The lowest BCUT2D eigenvalue weighted by molar-refractivity contribution is 0.447. The highest BCUT2D eigenvalue weighted by atomic mass is 19.2. The van der Waals surface area contributed by atoms with E-state index in [1.807, 2.05) is 0 Å². The van der Waals surface area contributed by atoms with Gasteiger partial charge in [-0.3, -0.25) is 0 Å². The van der Waals surface area contributed by atoms with E-state index in [-0.39, 0.29) is 0 Å². The van der Waals surface area contributed by atoms with Crippen molar-refractivity contribution in [3.63, 3.8) is 0 Å². The number of halogens is 12. The molecule has 0 N–H and O–H groups in total. The van der Waals surface area contributed by atoms with E-state index in [1.165, 1.54) is 11.8 Å². The van der Waals surface area contributed by atoms with Crippen LogP contribution >= 0.6 is 0 Å². The lowest BCUT2D eigenvalue weighted by atomic mass is 9.98. The third-order valence-electron chi connectivity index (χ3n) is 6.71. The first-order chi connectivity index (χ1) is 22.6. The zero-order valence-electron chi connectivity index (χ0n) is 22.5. The van der Waals surface area contributed by atoms with Crippen LogP contribution in [0.5, 0.6) is 0 Å². The number of terminal acetylenes is 2. The fourth-order valence-electron chi connectivity index (χ4n) is 4.56. The summed E-state index contributed by atoms with van der Waals surface area (Å²) >= 11 is 0. The molecule has 1 aliphatic rings. The average molecular weight is 670 g/mol. The summed E-state index contributed by atoms with van der Waals surface area (Å²) in [7, 11) is 0. The fraction of sp³-hybridized carbons (Fsp3) is 0. The average Bonchev–Trinajstić information content (AvgIpc) is 3.78. The summed E-state index contributed by atoms with van der Waals surface area (Å²) in [4.78, 5) is 0. The summed E-state index contributed by atoms with van der Waals surface area (Å²) in [6.45, 7) is 0. The van der Waals surface area contributed by atoms with Crippen molar-refractivity contribution in [2.75, 3.05) is 0 Å². The van der Waals surface area contributed by atoms with Crippen LogP contribution in [-0.4, -0.2) is 0 Å². The molecule has 3 aromatic carbocycles. The van der Waals surface area contributed by atoms with Crippen LogP contribution in [0, 0.1) is 140 Å². The minimum Gasteiger partial charge on any atom is -0.203 e. The molecule has 0 radical (unpaired) electrons. The van der Waals surface area contributed by atoms with E-state index in [9.17, 15) is 36.9 Å². The van der Waals surface area contributed by atoms with Gasteiger partial charge in [0.15, 0.2) is 69.8 Å². The molecule has 0 amide bonds. The van der Waals surface area contributed by atoms with Crippen molar-refractivity contribution in [1.82, 2.24) is 0 Å². The quantitative estimate of drug-likeness (QED) is 0.125. The molecule has 1 saturated carbocycles. The van der Waals surface area contributed by atoms with Crippen LogP contribution < -0.4 is 0 Å². The van der Waals surface area contributed by atoms with Gasteiger partial charge in [-0.05, 0) is 0 Å². The number of hydrogen-bond acceptors (Lipinski definition) is 4. The molecule has 4 nitrogen and oxygen atoms in total. The molecule has 0 bridgehead atoms. The lowest BCUT2D eigenvalue weighted by Crippen LogP contribution is -2.06. The fourth-order valence-corrected chi connectivity index (χ4v) is 4.56. The Kier molecular flexibility index (Phi) is 8.60. The summed E-state index contributed by atoms with van der Waals surface area (Å²) in [6, 6.07) is 3.63. The summed E-state index contributed by atoms with van der Waals surface area (Å²) in [5, 5.41) is 37.4. The maximum Gasteiger partial charge on any atom is 0.180 e. The highest BCUT2D eigenvalue weighted by molar-refractivity contribution is 6.12. The van der Waals surface area contributed by atoms with E-state index < -0.39 is 137 Å². The Labute approximate surface area is 259 Å². The van der Waals surface area contributed by atoms with Gasteiger partial charge in [-0.1, -0.05) is 11.8 Å². The highest BCUT2D eigenvalue weighted by Crippen LogP contribution is 2.57. The second-order valence-corrected chi connectivity index (χ2v) is 9.00. The van der Waals surface area contributed by atoms with Gasteiger partial charge in [-0.15, -0.1) is 12.8 Å². The molecule has 0 spiro atoms. The van der Waals surface area contributed by atoms with Crippen molar-refractivity contribution in [2.24, 2.45) is 0 Å². The van der Waals surface area contributed by atoms with Gasteiger partial charge in [-0.25, -0.2) is 52.7 Å². The number of nitriles is 4. The highest BCUT2D eigenvalue weighted by Gasteiger charge is 2.46. The smallest absolute Gasteiger partial charge is 0.180 e. The van der Waals surface area contributed by atoms with Gasteiger partial charge in [0, 0.05) is 22.3 Å². The van der Waals surface area contributed by atoms with Crippen LogP contribution in [0.1, 0.15) is 33.4 Å². The minimum atomic E-state index is -2.48. The summed E-state index contributed by atoms with van der Waals surface area (Å²) < 4.78 is 178. The van der Waals surface area contributed by atoms with Gasteiger partial charge < -0.3 is 0 Å². The van der Waals surface area contributed by atoms with Crippen LogP contribution in [0.25, 0.3) is 16.7 Å².